The first-order valence-corrected chi connectivity index (χ1v) is 17.4. The van der Waals surface area contributed by atoms with E-state index in [0.29, 0.717) is 34.3 Å². The second kappa shape index (κ2) is 11.5. The summed E-state index contributed by atoms with van der Waals surface area (Å²) in [6, 6.07) is 37.1. The third-order valence-corrected chi connectivity index (χ3v) is 11.7. The largest absolute Gasteiger partial charge is 0.507 e. The van der Waals surface area contributed by atoms with Crippen molar-refractivity contribution in [1.82, 2.24) is 5.01 Å². The van der Waals surface area contributed by atoms with Gasteiger partial charge in [0.25, 0.3) is 11.8 Å². The maximum atomic E-state index is 15.4. The van der Waals surface area contributed by atoms with Gasteiger partial charge >= 0.3 is 0 Å². The lowest BCUT2D eigenvalue weighted by Gasteiger charge is -2.50. The Labute approximate surface area is 295 Å². The molecule has 5 aromatic rings. The summed E-state index contributed by atoms with van der Waals surface area (Å²) >= 11 is 0. The number of hydrazine groups is 1. The lowest BCUT2D eigenvalue weighted by molar-refractivity contribution is -0.138. The normalized spacial score (nSPS) is 26.9. The number of imide groups is 2. The minimum atomic E-state index is -1.46. The molecule has 0 aromatic heterocycles. The molecule has 5 aromatic carbocycles. The summed E-state index contributed by atoms with van der Waals surface area (Å²) < 4.78 is 0. The van der Waals surface area contributed by atoms with E-state index in [1.807, 2.05) is 110 Å². The maximum absolute atomic E-state index is 15.4. The highest BCUT2D eigenvalue weighted by atomic mass is 16.3. The zero-order chi connectivity index (χ0) is 35.0. The predicted octanol–water partition coefficient (Wildman–Crippen LogP) is 7.04. The molecule has 3 fully saturated rings. The summed E-state index contributed by atoms with van der Waals surface area (Å²) in [5.41, 5.74) is 5.76. The summed E-state index contributed by atoms with van der Waals surface area (Å²) in [6.07, 6.45) is 2.50. The molecule has 252 valence electrons. The van der Waals surface area contributed by atoms with Crippen molar-refractivity contribution in [3.63, 3.8) is 0 Å². The number of hydrogen-bond donors (Lipinski definition) is 2. The van der Waals surface area contributed by atoms with E-state index in [4.69, 9.17) is 0 Å². The van der Waals surface area contributed by atoms with Crippen molar-refractivity contribution in [2.45, 2.75) is 31.1 Å². The number of amides is 4. The predicted molar refractivity (Wildman–Crippen MR) is 193 cm³/mol. The highest BCUT2D eigenvalue weighted by Gasteiger charge is 2.70. The zero-order valence-corrected chi connectivity index (χ0v) is 27.9. The Bertz CT molecular complexity index is 2290. The molecule has 0 radical (unpaired) electrons. The van der Waals surface area contributed by atoms with Crippen LogP contribution in [0.5, 0.6) is 5.75 Å². The first-order valence-electron chi connectivity index (χ1n) is 17.4. The maximum Gasteiger partial charge on any atom is 0.260 e. The number of phenolic OH excluding ortho intramolecular Hbond substituents is 1. The fourth-order valence-corrected chi connectivity index (χ4v) is 9.43. The van der Waals surface area contributed by atoms with Gasteiger partial charge in [-0.05, 0) is 60.9 Å². The number of nitrogens with one attached hydrogen (secondary N) is 1. The monoisotopic (exact) mass is 673 g/mol. The molecule has 8 nitrogen and oxygen atoms in total. The Hall–Kier alpha value is -6.02. The van der Waals surface area contributed by atoms with Gasteiger partial charge in [-0.25, -0.2) is 0 Å². The van der Waals surface area contributed by atoms with E-state index in [0.717, 1.165) is 21.5 Å². The third kappa shape index (κ3) is 4.38. The van der Waals surface area contributed by atoms with Gasteiger partial charge in [-0.1, -0.05) is 114 Å². The van der Waals surface area contributed by atoms with Crippen molar-refractivity contribution in [1.29, 1.82) is 0 Å². The SMILES string of the molecule is Cc1ccc(NN2C(=O)[C@@H]3C[C@@H]4C(=CC[C@@H]5C(=O)N(c6ccccc6)C(=O)[C@@H]54)[C@H](c4ccc5ccccc5c4O)[C@]3(c3ccccc3)C2=O)cc1. The second-order valence-corrected chi connectivity index (χ2v) is 14.2. The Kier molecular flexibility index (Phi) is 7.00. The van der Waals surface area contributed by atoms with Crippen molar-refractivity contribution in [3.05, 3.63) is 150 Å². The minimum Gasteiger partial charge on any atom is -0.507 e. The van der Waals surface area contributed by atoms with E-state index >= 15 is 4.79 Å². The van der Waals surface area contributed by atoms with E-state index in [9.17, 15) is 19.5 Å². The topological polar surface area (TPSA) is 107 Å². The van der Waals surface area contributed by atoms with Crippen molar-refractivity contribution in [3.8, 4) is 5.75 Å². The number of para-hydroxylation sites is 1. The molecule has 51 heavy (non-hydrogen) atoms. The first-order chi connectivity index (χ1) is 24.8. The number of carbonyl (C=O) groups excluding carboxylic acids is 4. The number of hydrogen-bond acceptors (Lipinski definition) is 6. The van der Waals surface area contributed by atoms with Crippen LogP contribution in [0.2, 0.25) is 0 Å². The van der Waals surface area contributed by atoms with Crippen LogP contribution in [0.1, 0.15) is 35.4 Å². The van der Waals surface area contributed by atoms with Crippen LogP contribution >= 0.6 is 0 Å². The fourth-order valence-electron chi connectivity index (χ4n) is 9.43. The molecule has 1 saturated carbocycles. The van der Waals surface area contributed by atoms with Crippen LogP contribution in [0, 0.1) is 30.6 Å². The van der Waals surface area contributed by atoms with E-state index in [1.54, 1.807) is 24.3 Å². The molecule has 0 unspecified atom stereocenters. The number of nitrogens with zero attached hydrogens (tertiary/aromatic N) is 2. The summed E-state index contributed by atoms with van der Waals surface area (Å²) in [5, 5.41) is 14.7. The molecule has 4 aliphatic rings. The van der Waals surface area contributed by atoms with Gasteiger partial charge in [0.2, 0.25) is 11.8 Å². The van der Waals surface area contributed by atoms with E-state index in [2.05, 4.69) is 5.43 Å². The molecule has 6 atom stereocenters. The van der Waals surface area contributed by atoms with Crippen molar-refractivity contribution >= 4 is 45.8 Å². The van der Waals surface area contributed by atoms with Crippen LogP contribution in [0.15, 0.2) is 133 Å². The van der Waals surface area contributed by atoms with Crippen LogP contribution in [0.25, 0.3) is 10.8 Å². The zero-order valence-electron chi connectivity index (χ0n) is 27.9. The summed E-state index contributed by atoms with van der Waals surface area (Å²) in [5.74, 6) is -4.94. The van der Waals surface area contributed by atoms with Gasteiger partial charge in [-0.2, -0.15) is 5.01 Å². The Morgan fingerprint density at radius 3 is 2.16 bits per heavy atom. The summed E-state index contributed by atoms with van der Waals surface area (Å²) in [6.45, 7) is 1.96. The summed E-state index contributed by atoms with van der Waals surface area (Å²) in [7, 11) is 0. The van der Waals surface area contributed by atoms with E-state index in [1.165, 1.54) is 4.90 Å². The van der Waals surface area contributed by atoms with Crippen molar-refractivity contribution < 1.29 is 24.3 Å². The highest BCUT2D eigenvalue weighted by Crippen LogP contribution is 2.65. The molecule has 2 N–H and O–H groups in total. The number of aryl methyl sites for hydroxylation is 1. The van der Waals surface area contributed by atoms with Crippen LogP contribution in [-0.2, 0) is 24.6 Å². The fraction of sp³-hybridized carbons (Fsp3) is 0.209. The first kappa shape index (κ1) is 31.0. The number of allylic oxidation sites excluding steroid dienone is 2. The van der Waals surface area contributed by atoms with Crippen LogP contribution in [0.3, 0.4) is 0 Å². The van der Waals surface area contributed by atoms with E-state index < -0.39 is 46.8 Å². The smallest absolute Gasteiger partial charge is 0.260 e. The third-order valence-electron chi connectivity index (χ3n) is 11.7. The van der Waals surface area contributed by atoms with Gasteiger partial charge in [-0.15, -0.1) is 0 Å². The van der Waals surface area contributed by atoms with Crippen LogP contribution in [0.4, 0.5) is 11.4 Å². The molecule has 2 saturated heterocycles. The number of anilines is 2. The average molecular weight is 674 g/mol. The molecule has 0 bridgehead atoms. The average Bonchev–Trinajstić information content (AvgIpc) is 3.54. The van der Waals surface area contributed by atoms with Gasteiger partial charge in [0, 0.05) is 16.9 Å². The number of fused-ring (bicyclic) bond motifs is 5. The summed E-state index contributed by atoms with van der Waals surface area (Å²) in [4.78, 5) is 60.0. The van der Waals surface area contributed by atoms with Gasteiger partial charge in [0.15, 0.2) is 0 Å². The Balaban J connectivity index is 1.27. The lowest BCUT2D eigenvalue weighted by atomic mass is 9.49. The second-order valence-electron chi connectivity index (χ2n) is 14.2. The molecule has 4 amide bonds. The standard InChI is InChI=1S/C43H35N3O5/c1-25-16-19-28(20-17-25)44-46-40(49)35-24-34-31(22-23-32-36(34)41(50)45(39(32)48)29-13-6-3-7-14-29)37(43(35,42(46)51)27-11-4-2-5-12-27)33-21-18-26-10-8-9-15-30(26)38(33)47/h2-22,32,34-37,44,47H,23-24H2,1H3/t32-,34+,35-,36-,37+,43+/m0/s1. The molecule has 8 heteroatoms. The van der Waals surface area contributed by atoms with Crippen molar-refractivity contribution in [2.75, 3.05) is 10.3 Å². The number of rotatable bonds is 5. The molecule has 0 spiro atoms. The minimum absolute atomic E-state index is 0.0285. The molecular formula is C43H35N3O5. The molecule has 2 heterocycles. The number of carbonyl (C=O) groups is 4. The Morgan fingerprint density at radius 1 is 0.725 bits per heavy atom. The van der Waals surface area contributed by atoms with Gasteiger partial charge in [-0.3, -0.25) is 29.5 Å². The molecule has 2 aliphatic heterocycles. The number of aromatic hydroxyl groups is 1. The number of benzene rings is 5. The molecular weight excluding hydrogens is 638 g/mol. The Morgan fingerprint density at radius 2 is 1.41 bits per heavy atom. The highest BCUT2D eigenvalue weighted by molar-refractivity contribution is 6.22. The van der Waals surface area contributed by atoms with Gasteiger partial charge in [0.05, 0.1) is 34.5 Å². The van der Waals surface area contributed by atoms with Crippen LogP contribution in [-0.4, -0.2) is 33.7 Å². The molecule has 9 rings (SSSR count). The molecule has 2 aliphatic carbocycles. The van der Waals surface area contributed by atoms with Gasteiger partial charge < -0.3 is 5.11 Å². The van der Waals surface area contributed by atoms with Crippen LogP contribution < -0.4 is 10.3 Å². The van der Waals surface area contributed by atoms with E-state index in [-0.39, 0.29) is 24.0 Å². The van der Waals surface area contributed by atoms with Gasteiger partial charge in [0.1, 0.15) is 5.75 Å². The number of phenols is 1. The van der Waals surface area contributed by atoms with Crippen molar-refractivity contribution in [2.24, 2.45) is 23.7 Å². The quantitative estimate of drug-likeness (QED) is 0.153. The lowest BCUT2D eigenvalue weighted by Crippen LogP contribution is -2.53.